The number of rotatable bonds is 8. The van der Waals surface area contributed by atoms with Crippen LogP contribution in [0.25, 0.3) is 0 Å². The molecule has 29 heavy (non-hydrogen) atoms. The van der Waals surface area contributed by atoms with Gasteiger partial charge in [-0.2, -0.15) is 5.10 Å². The predicted octanol–water partition coefficient (Wildman–Crippen LogP) is 4.34. The van der Waals surface area contributed by atoms with E-state index in [0.717, 1.165) is 11.3 Å². The van der Waals surface area contributed by atoms with Crippen LogP contribution in [0.5, 0.6) is 17.2 Å². The molecule has 0 unspecified atom stereocenters. The highest BCUT2D eigenvalue weighted by Crippen LogP contribution is 2.24. The first kappa shape index (κ1) is 20.5. The maximum atomic E-state index is 12.7. The van der Waals surface area contributed by atoms with Crippen molar-refractivity contribution in [1.82, 2.24) is 14.7 Å². The zero-order chi connectivity index (χ0) is 20.8. The monoisotopic (exact) mass is 393 g/mol. The van der Waals surface area contributed by atoms with Gasteiger partial charge in [0, 0.05) is 31.4 Å². The average molecular weight is 393 g/mol. The molecule has 0 saturated heterocycles. The van der Waals surface area contributed by atoms with Gasteiger partial charge in [-0.05, 0) is 57.2 Å². The smallest absolute Gasteiger partial charge is 0.261 e. The zero-order valence-electron chi connectivity index (χ0n) is 17.3. The van der Waals surface area contributed by atoms with E-state index in [9.17, 15) is 4.79 Å². The highest BCUT2D eigenvalue weighted by atomic mass is 16.5. The molecule has 0 spiro atoms. The zero-order valence-corrected chi connectivity index (χ0v) is 17.3. The summed E-state index contributed by atoms with van der Waals surface area (Å²) in [6.45, 7) is 6.51. The Labute approximate surface area is 171 Å². The summed E-state index contributed by atoms with van der Waals surface area (Å²) in [5.74, 6) is 2.05. The molecule has 0 N–H and O–H groups in total. The van der Waals surface area contributed by atoms with Crippen molar-refractivity contribution in [3.63, 3.8) is 0 Å². The number of nitrogens with zero attached hydrogens (tertiary/aromatic N) is 3. The number of ether oxygens (including phenoxy) is 2. The van der Waals surface area contributed by atoms with Crippen LogP contribution < -0.4 is 9.47 Å². The van der Waals surface area contributed by atoms with E-state index in [1.807, 2.05) is 70.4 Å². The Balaban J connectivity index is 1.55. The summed E-state index contributed by atoms with van der Waals surface area (Å²) in [5.41, 5.74) is 2.18. The fourth-order valence-corrected chi connectivity index (χ4v) is 2.88. The molecule has 0 aliphatic heterocycles. The van der Waals surface area contributed by atoms with Crippen LogP contribution in [-0.2, 0) is 18.4 Å². The number of amides is 1. The summed E-state index contributed by atoms with van der Waals surface area (Å²) in [6.07, 6.45) is 3.69. The fourth-order valence-electron chi connectivity index (χ4n) is 2.88. The SMILES string of the molecule is Cc1ccc(Oc2ccc(OCC(=O)N(Cc3cnn(C)c3)C(C)C)cc2)cc1. The standard InChI is InChI=1S/C23H27N3O3/c1-17(2)26(15-19-13-24-25(4)14-19)23(27)16-28-20-9-11-22(12-10-20)29-21-7-5-18(3)6-8-21/h5-14,17H,15-16H2,1-4H3. The van der Waals surface area contributed by atoms with E-state index >= 15 is 0 Å². The molecule has 0 radical (unpaired) electrons. The van der Waals surface area contributed by atoms with Gasteiger partial charge < -0.3 is 14.4 Å². The topological polar surface area (TPSA) is 56.6 Å². The summed E-state index contributed by atoms with van der Waals surface area (Å²) < 4.78 is 13.2. The van der Waals surface area contributed by atoms with Gasteiger partial charge in [0.2, 0.25) is 0 Å². The molecule has 0 aliphatic rings. The number of carbonyl (C=O) groups excluding carboxylic acids is 1. The molecular weight excluding hydrogens is 366 g/mol. The van der Waals surface area contributed by atoms with E-state index in [-0.39, 0.29) is 18.6 Å². The van der Waals surface area contributed by atoms with Gasteiger partial charge in [-0.15, -0.1) is 0 Å². The van der Waals surface area contributed by atoms with Crippen LogP contribution in [0.3, 0.4) is 0 Å². The molecule has 1 aromatic heterocycles. The molecule has 2 aromatic carbocycles. The van der Waals surface area contributed by atoms with Crippen LogP contribution in [-0.4, -0.2) is 33.2 Å². The van der Waals surface area contributed by atoms with Gasteiger partial charge in [0.05, 0.1) is 6.20 Å². The van der Waals surface area contributed by atoms with Gasteiger partial charge in [0.25, 0.3) is 5.91 Å². The van der Waals surface area contributed by atoms with Crippen molar-refractivity contribution in [3.8, 4) is 17.2 Å². The van der Waals surface area contributed by atoms with E-state index in [4.69, 9.17) is 9.47 Å². The quantitative estimate of drug-likeness (QED) is 0.571. The lowest BCUT2D eigenvalue weighted by molar-refractivity contribution is -0.135. The molecule has 0 aliphatic carbocycles. The lowest BCUT2D eigenvalue weighted by atomic mass is 10.2. The van der Waals surface area contributed by atoms with E-state index in [2.05, 4.69) is 5.10 Å². The average Bonchev–Trinajstić information content (AvgIpc) is 3.12. The number of benzene rings is 2. The fraction of sp³-hybridized carbons (Fsp3) is 0.304. The summed E-state index contributed by atoms with van der Waals surface area (Å²) in [7, 11) is 1.86. The normalized spacial score (nSPS) is 10.8. The molecule has 3 aromatic rings. The molecule has 1 amide bonds. The van der Waals surface area contributed by atoms with Crippen molar-refractivity contribution in [3.05, 3.63) is 72.1 Å². The molecule has 3 rings (SSSR count). The van der Waals surface area contributed by atoms with Gasteiger partial charge >= 0.3 is 0 Å². The first-order valence-corrected chi connectivity index (χ1v) is 9.65. The maximum absolute atomic E-state index is 12.7. The Morgan fingerprint density at radius 1 is 1.03 bits per heavy atom. The van der Waals surface area contributed by atoms with Crippen molar-refractivity contribution in [2.45, 2.75) is 33.4 Å². The highest BCUT2D eigenvalue weighted by molar-refractivity contribution is 5.78. The van der Waals surface area contributed by atoms with E-state index in [1.165, 1.54) is 5.56 Å². The van der Waals surface area contributed by atoms with E-state index in [0.29, 0.717) is 18.0 Å². The van der Waals surface area contributed by atoms with Crippen LogP contribution in [0, 0.1) is 6.92 Å². The number of aromatic nitrogens is 2. The molecule has 0 fully saturated rings. The summed E-state index contributed by atoms with van der Waals surface area (Å²) in [4.78, 5) is 14.4. The van der Waals surface area contributed by atoms with Crippen molar-refractivity contribution < 1.29 is 14.3 Å². The number of carbonyl (C=O) groups is 1. The largest absolute Gasteiger partial charge is 0.484 e. The second kappa shape index (κ2) is 9.28. The lowest BCUT2D eigenvalue weighted by Crippen LogP contribution is -2.39. The molecule has 0 saturated carbocycles. The second-order valence-corrected chi connectivity index (χ2v) is 7.31. The Morgan fingerprint density at radius 3 is 2.17 bits per heavy atom. The summed E-state index contributed by atoms with van der Waals surface area (Å²) >= 11 is 0. The lowest BCUT2D eigenvalue weighted by Gasteiger charge is -2.26. The summed E-state index contributed by atoms with van der Waals surface area (Å²) in [6, 6.07) is 15.2. The first-order valence-electron chi connectivity index (χ1n) is 9.65. The van der Waals surface area contributed by atoms with Crippen molar-refractivity contribution in [2.24, 2.45) is 7.05 Å². The molecular formula is C23H27N3O3. The summed E-state index contributed by atoms with van der Waals surface area (Å²) in [5, 5.41) is 4.16. The third-order valence-corrected chi connectivity index (χ3v) is 4.50. The molecule has 0 bridgehead atoms. The Hall–Kier alpha value is -3.28. The van der Waals surface area contributed by atoms with E-state index < -0.39 is 0 Å². The van der Waals surface area contributed by atoms with Crippen LogP contribution in [0.4, 0.5) is 0 Å². The van der Waals surface area contributed by atoms with Gasteiger partial charge in [0.15, 0.2) is 6.61 Å². The molecule has 6 nitrogen and oxygen atoms in total. The number of aryl methyl sites for hydroxylation is 2. The minimum absolute atomic E-state index is 0.0173. The molecule has 0 atom stereocenters. The third kappa shape index (κ3) is 5.85. The van der Waals surface area contributed by atoms with Gasteiger partial charge in [-0.1, -0.05) is 17.7 Å². The molecule has 6 heteroatoms. The minimum Gasteiger partial charge on any atom is -0.484 e. The van der Waals surface area contributed by atoms with E-state index in [1.54, 1.807) is 27.9 Å². The molecule has 152 valence electrons. The third-order valence-electron chi connectivity index (χ3n) is 4.50. The van der Waals surface area contributed by atoms with Crippen molar-refractivity contribution >= 4 is 5.91 Å². The van der Waals surface area contributed by atoms with Gasteiger partial charge in [0.1, 0.15) is 17.2 Å². The molecule has 1 heterocycles. The van der Waals surface area contributed by atoms with Crippen LogP contribution >= 0.6 is 0 Å². The van der Waals surface area contributed by atoms with Crippen molar-refractivity contribution in [1.29, 1.82) is 0 Å². The van der Waals surface area contributed by atoms with Crippen LogP contribution in [0.2, 0.25) is 0 Å². The first-order chi connectivity index (χ1) is 13.9. The minimum atomic E-state index is -0.0659. The Bertz CT molecular complexity index is 931. The van der Waals surface area contributed by atoms with Gasteiger partial charge in [-0.25, -0.2) is 0 Å². The number of hydrogen-bond donors (Lipinski definition) is 0. The number of hydrogen-bond acceptors (Lipinski definition) is 4. The van der Waals surface area contributed by atoms with Crippen LogP contribution in [0.15, 0.2) is 60.9 Å². The van der Waals surface area contributed by atoms with Gasteiger partial charge in [-0.3, -0.25) is 9.48 Å². The van der Waals surface area contributed by atoms with Crippen molar-refractivity contribution in [2.75, 3.05) is 6.61 Å². The Morgan fingerprint density at radius 2 is 1.62 bits per heavy atom. The van der Waals surface area contributed by atoms with Crippen LogP contribution in [0.1, 0.15) is 25.0 Å². The second-order valence-electron chi connectivity index (χ2n) is 7.31. The maximum Gasteiger partial charge on any atom is 0.261 e. The highest BCUT2D eigenvalue weighted by Gasteiger charge is 2.18. The Kier molecular flexibility index (Phi) is 6.54. The predicted molar refractivity (Wildman–Crippen MR) is 112 cm³/mol.